The van der Waals surface area contributed by atoms with Gasteiger partial charge in [-0.1, -0.05) is 35.5 Å². The zero-order chi connectivity index (χ0) is 11.5. The van der Waals surface area contributed by atoms with Gasteiger partial charge in [0.05, 0.1) is 5.69 Å². The van der Waals surface area contributed by atoms with Gasteiger partial charge in [0.1, 0.15) is 5.71 Å². The van der Waals surface area contributed by atoms with Gasteiger partial charge in [-0.3, -0.25) is 4.98 Å². The van der Waals surface area contributed by atoms with Crippen molar-refractivity contribution < 1.29 is 4.84 Å². The first-order valence-electron chi connectivity index (χ1n) is 5.53. The van der Waals surface area contributed by atoms with Crippen LogP contribution in [0.5, 0.6) is 0 Å². The van der Waals surface area contributed by atoms with E-state index in [0.717, 1.165) is 23.4 Å². The van der Waals surface area contributed by atoms with Crippen molar-refractivity contribution in [3.8, 4) is 0 Å². The second kappa shape index (κ2) is 4.37. The first-order valence-corrected chi connectivity index (χ1v) is 5.53. The van der Waals surface area contributed by atoms with Crippen molar-refractivity contribution >= 4 is 5.71 Å². The molecule has 3 nitrogen and oxygen atoms in total. The van der Waals surface area contributed by atoms with E-state index in [0.29, 0.717) is 0 Å². The Balaban J connectivity index is 1.78. The lowest BCUT2D eigenvalue weighted by atomic mass is 10.0. The summed E-state index contributed by atoms with van der Waals surface area (Å²) in [5, 5.41) is 4.11. The van der Waals surface area contributed by atoms with Crippen molar-refractivity contribution in [1.29, 1.82) is 0 Å². The third-order valence-electron chi connectivity index (χ3n) is 2.75. The number of benzene rings is 1. The number of nitrogens with zero attached hydrogens (tertiary/aromatic N) is 2. The van der Waals surface area contributed by atoms with Gasteiger partial charge in [0.2, 0.25) is 0 Å². The van der Waals surface area contributed by atoms with Crippen LogP contribution in [0.25, 0.3) is 0 Å². The molecule has 0 bridgehead atoms. The van der Waals surface area contributed by atoms with E-state index in [1.807, 2.05) is 42.5 Å². The molecule has 0 amide bonds. The lowest BCUT2D eigenvalue weighted by Gasteiger charge is -2.07. The van der Waals surface area contributed by atoms with Crippen molar-refractivity contribution in [3.63, 3.8) is 0 Å². The summed E-state index contributed by atoms with van der Waals surface area (Å²) in [5.74, 6) is 0. The van der Waals surface area contributed by atoms with Crippen LogP contribution in [0.3, 0.4) is 0 Å². The summed E-state index contributed by atoms with van der Waals surface area (Å²) in [6.07, 6.45) is 2.53. The molecule has 1 aliphatic rings. The quantitative estimate of drug-likeness (QED) is 0.784. The van der Waals surface area contributed by atoms with Crippen LogP contribution in [0.2, 0.25) is 0 Å². The molecule has 1 atom stereocenters. The SMILES string of the molecule is [c]1ccc(C2CC(c3ccccn3)=NO2)cc1. The van der Waals surface area contributed by atoms with E-state index in [1.165, 1.54) is 0 Å². The summed E-state index contributed by atoms with van der Waals surface area (Å²) in [5.41, 5.74) is 2.92. The number of oxime groups is 1. The van der Waals surface area contributed by atoms with E-state index in [4.69, 9.17) is 4.84 Å². The molecule has 0 saturated heterocycles. The van der Waals surface area contributed by atoms with Crippen LogP contribution in [0.4, 0.5) is 0 Å². The Kier molecular flexibility index (Phi) is 2.58. The van der Waals surface area contributed by atoms with E-state index in [-0.39, 0.29) is 6.10 Å². The van der Waals surface area contributed by atoms with Crippen LogP contribution in [0.15, 0.2) is 53.8 Å². The highest BCUT2D eigenvalue weighted by atomic mass is 16.6. The van der Waals surface area contributed by atoms with Crippen LogP contribution in [-0.4, -0.2) is 10.7 Å². The van der Waals surface area contributed by atoms with Gasteiger partial charge >= 0.3 is 0 Å². The van der Waals surface area contributed by atoms with Gasteiger partial charge in [-0.15, -0.1) is 0 Å². The van der Waals surface area contributed by atoms with Crippen LogP contribution in [0, 0.1) is 6.07 Å². The third-order valence-corrected chi connectivity index (χ3v) is 2.75. The highest BCUT2D eigenvalue weighted by molar-refractivity contribution is 5.99. The van der Waals surface area contributed by atoms with Gasteiger partial charge < -0.3 is 4.84 Å². The highest BCUT2D eigenvalue weighted by Crippen LogP contribution is 2.28. The molecule has 3 rings (SSSR count). The van der Waals surface area contributed by atoms with Gasteiger partial charge in [0, 0.05) is 12.6 Å². The molecule has 0 fully saturated rings. The normalized spacial score (nSPS) is 18.6. The second-order valence-corrected chi connectivity index (χ2v) is 3.88. The molecule has 0 N–H and O–H groups in total. The van der Waals surface area contributed by atoms with Gasteiger partial charge in [0.15, 0.2) is 6.10 Å². The summed E-state index contributed by atoms with van der Waals surface area (Å²) in [6.45, 7) is 0. The maximum atomic E-state index is 5.44. The second-order valence-electron chi connectivity index (χ2n) is 3.88. The monoisotopic (exact) mass is 223 g/mol. The molecule has 3 heteroatoms. The zero-order valence-electron chi connectivity index (χ0n) is 9.21. The highest BCUT2D eigenvalue weighted by Gasteiger charge is 2.23. The Hall–Kier alpha value is -2.16. The van der Waals surface area contributed by atoms with Gasteiger partial charge in [0.25, 0.3) is 0 Å². The molecule has 1 unspecified atom stereocenters. The fourth-order valence-electron chi connectivity index (χ4n) is 1.86. The summed E-state index contributed by atoms with van der Waals surface area (Å²) < 4.78 is 0. The van der Waals surface area contributed by atoms with E-state index >= 15 is 0 Å². The van der Waals surface area contributed by atoms with Crippen LogP contribution < -0.4 is 0 Å². The smallest absolute Gasteiger partial charge is 0.158 e. The first kappa shape index (κ1) is 10.0. The molecule has 0 aliphatic carbocycles. The van der Waals surface area contributed by atoms with E-state index < -0.39 is 0 Å². The van der Waals surface area contributed by atoms with Crippen molar-refractivity contribution in [2.75, 3.05) is 0 Å². The first-order chi connectivity index (χ1) is 8.43. The predicted molar refractivity (Wildman–Crippen MR) is 64.5 cm³/mol. The van der Waals surface area contributed by atoms with Gasteiger partial charge in [-0.05, 0) is 23.8 Å². The van der Waals surface area contributed by atoms with Crippen molar-refractivity contribution in [2.24, 2.45) is 5.16 Å². The number of pyridine rings is 1. The molecule has 0 spiro atoms. The van der Waals surface area contributed by atoms with E-state index in [2.05, 4.69) is 16.2 Å². The summed E-state index contributed by atoms with van der Waals surface area (Å²) >= 11 is 0. The Labute approximate surface area is 99.8 Å². The molecule has 2 heterocycles. The predicted octanol–water partition coefficient (Wildman–Crippen LogP) is 2.75. The Morgan fingerprint density at radius 3 is 2.82 bits per heavy atom. The molecule has 17 heavy (non-hydrogen) atoms. The maximum absolute atomic E-state index is 5.44. The standard InChI is InChI=1S/C14H11N2O/c1-2-6-11(7-3-1)14-10-13(16-17-14)12-8-4-5-9-15-12/h2-9,14H,10H2. The van der Waals surface area contributed by atoms with Gasteiger partial charge in [-0.25, -0.2) is 0 Å². The lowest BCUT2D eigenvalue weighted by Crippen LogP contribution is -2.02. The number of hydrogen-bond acceptors (Lipinski definition) is 3. The largest absolute Gasteiger partial charge is 0.387 e. The molecule has 1 aromatic carbocycles. The van der Waals surface area contributed by atoms with E-state index in [1.54, 1.807) is 6.20 Å². The average Bonchev–Trinajstić information content (AvgIpc) is 2.90. The Morgan fingerprint density at radius 1 is 1.18 bits per heavy atom. The van der Waals surface area contributed by atoms with Gasteiger partial charge in [-0.2, -0.15) is 0 Å². The third kappa shape index (κ3) is 2.04. The molecular weight excluding hydrogens is 212 g/mol. The fraction of sp³-hybridized carbons (Fsp3) is 0.143. The average molecular weight is 223 g/mol. The van der Waals surface area contributed by atoms with Crippen LogP contribution in [-0.2, 0) is 4.84 Å². The number of hydrogen-bond donors (Lipinski definition) is 0. The molecule has 0 saturated carbocycles. The van der Waals surface area contributed by atoms with Crippen LogP contribution >= 0.6 is 0 Å². The number of rotatable bonds is 2. The van der Waals surface area contributed by atoms with Crippen LogP contribution in [0.1, 0.15) is 23.8 Å². The topological polar surface area (TPSA) is 34.5 Å². The molecule has 2 aromatic rings. The minimum atomic E-state index is 0.00149. The van der Waals surface area contributed by atoms with Crippen molar-refractivity contribution in [2.45, 2.75) is 12.5 Å². The summed E-state index contributed by atoms with van der Waals surface area (Å²) in [6, 6.07) is 16.6. The fourth-order valence-corrected chi connectivity index (χ4v) is 1.86. The molecule has 1 aliphatic heterocycles. The minimum Gasteiger partial charge on any atom is -0.387 e. The Bertz CT molecular complexity index is 522. The molecular formula is C14H11N2O. The lowest BCUT2D eigenvalue weighted by molar-refractivity contribution is 0.0857. The molecule has 1 aromatic heterocycles. The summed E-state index contributed by atoms with van der Waals surface area (Å²) in [7, 11) is 0. The summed E-state index contributed by atoms with van der Waals surface area (Å²) in [4.78, 5) is 9.71. The Morgan fingerprint density at radius 2 is 2.06 bits per heavy atom. The molecule has 83 valence electrons. The zero-order valence-corrected chi connectivity index (χ0v) is 9.21. The minimum absolute atomic E-state index is 0.00149. The molecule has 1 radical (unpaired) electrons. The van der Waals surface area contributed by atoms with Crippen molar-refractivity contribution in [3.05, 3.63) is 66.0 Å². The number of aromatic nitrogens is 1. The van der Waals surface area contributed by atoms with Crippen molar-refractivity contribution in [1.82, 2.24) is 4.98 Å². The van der Waals surface area contributed by atoms with E-state index in [9.17, 15) is 0 Å². The maximum Gasteiger partial charge on any atom is 0.158 e.